The molecule has 1 aromatic heterocycles. The van der Waals surface area contributed by atoms with Crippen molar-refractivity contribution in [3.8, 4) is 11.5 Å². The van der Waals surface area contributed by atoms with Gasteiger partial charge >= 0.3 is 0 Å². The van der Waals surface area contributed by atoms with Crippen molar-refractivity contribution in [2.45, 2.75) is 6.04 Å². The zero-order valence-electron chi connectivity index (χ0n) is 17.5. The lowest BCUT2D eigenvalue weighted by Crippen LogP contribution is -2.35. The molecule has 8 nitrogen and oxygen atoms in total. The summed E-state index contributed by atoms with van der Waals surface area (Å²) >= 11 is 0. The number of carbonyl (C=O) groups is 2. The van der Waals surface area contributed by atoms with Gasteiger partial charge < -0.3 is 24.4 Å². The van der Waals surface area contributed by atoms with E-state index in [1.54, 1.807) is 42.7 Å². The molecule has 1 unspecified atom stereocenters. The fourth-order valence-electron chi connectivity index (χ4n) is 3.52. The monoisotopic (exact) mass is 411 g/mol. The number of benzene rings is 1. The molecule has 0 radical (unpaired) electrons. The highest BCUT2D eigenvalue weighted by Crippen LogP contribution is 2.43. The third-order valence-corrected chi connectivity index (χ3v) is 4.99. The largest absolute Gasteiger partial charge is 0.506 e. The SMILES string of the molecule is COc1cccc(OC)c1/C(O)=C1\C(=O)C(=O)N(CCN(C)C)C1c1cccnc1. The number of rotatable bonds is 7. The number of carbonyl (C=O) groups excluding carboxylic acids is 2. The van der Waals surface area contributed by atoms with Crippen LogP contribution >= 0.6 is 0 Å². The van der Waals surface area contributed by atoms with E-state index in [9.17, 15) is 14.7 Å². The average Bonchev–Trinajstić information content (AvgIpc) is 3.01. The van der Waals surface area contributed by atoms with Gasteiger partial charge in [-0.05, 0) is 37.9 Å². The zero-order chi connectivity index (χ0) is 21.8. The van der Waals surface area contributed by atoms with Crippen molar-refractivity contribution < 1.29 is 24.2 Å². The Morgan fingerprint density at radius 3 is 2.33 bits per heavy atom. The third-order valence-electron chi connectivity index (χ3n) is 4.99. The van der Waals surface area contributed by atoms with Crippen molar-refractivity contribution in [3.05, 3.63) is 59.4 Å². The van der Waals surface area contributed by atoms with Crippen molar-refractivity contribution in [1.82, 2.24) is 14.8 Å². The number of hydrogen-bond acceptors (Lipinski definition) is 7. The number of pyridine rings is 1. The molecule has 1 aromatic carbocycles. The highest BCUT2D eigenvalue weighted by atomic mass is 16.5. The van der Waals surface area contributed by atoms with Crippen LogP contribution in [-0.4, -0.2) is 73.0 Å². The first-order chi connectivity index (χ1) is 14.4. The Labute approximate surface area is 175 Å². The first-order valence-corrected chi connectivity index (χ1v) is 9.45. The molecular formula is C22H25N3O5. The quantitative estimate of drug-likeness (QED) is 0.424. The smallest absolute Gasteiger partial charge is 0.295 e. The Balaban J connectivity index is 2.23. The Hall–Kier alpha value is -3.39. The number of aromatic nitrogens is 1. The minimum Gasteiger partial charge on any atom is -0.506 e. The van der Waals surface area contributed by atoms with Crippen LogP contribution in [-0.2, 0) is 9.59 Å². The van der Waals surface area contributed by atoms with E-state index in [1.807, 2.05) is 19.0 Å². The summed E-state index contributed by atoms with van der Waals surface area (Å²) in [5.41, 5.74) is 0.836. The maximum atomic E-state index is 13.0. The second-order valence-electron chi connectivity index (χ2n) is 7.12. The van der Waals surface area contributed by atoms with Gasteiger partial charge in [0.15, 0.2) is 0 Å². The van der Waals surface area contributed by atoms with Crippen molar-refractivity contribution in [2.24, 2.45) is 0 Å². The minimum atomic E-state index is -0.770. The predicted octanol–water partition coefficient (Wildman–Crippen LogP) is 2.08. The number of ether oxygens (including phenoxy) is 2. The summed E-state index contributed by atoms with van der Waals surface area (Å²) in [6, 6.07) is 7.75. The fraction of sp³-hybridized carbons (Fsp3) is 0.318. The molecule has 2 heterocycles. The van der Waals surface area contributed by atoms with Gasteiger partial charge in [0.2, 0.25) is 0 Å². The third kappa shape index (κ3) is 3.86. The van der Waals surface area contributed by atoms with Crippen molar-refractivity contribution >= 4 is 17.4 Å². The Kier molecular flexibility index (Phi) is 6.37. The van der Waals surface area contributed by atoms with E-state index < -0.39 is 17.7 Å². The number of likely N-dealkylation sites (N-methyl/N-ethyl adjacent to an activating group) is 1. The van der Waals surface area contributed by atoms with Gasteiger partial charge in [0.25, 0.3) is 11.7 Å². The Morgan fingerprint density at radius 1 is 1.13 bits per heavy atom. The van der Waals surface area contributed by atoms with Crippen LogP contribution in [0.2, 0.25) is 0 Å². The molecular weight excluding hydrogens is 386 g/mol. The van der Waals surface area contributed by atoms with Gasteiger partial charge in [-0.2, -0.15) is 0 Å². The number of amides is 1. The van der Waals surface area contributed by atoms with Crippen LogP contribution in [0.4, 0.5) is 0 Å². The summed E-state index contributed by atoms with van der Waals surface area (Å²) < 4.78 is 10.7. The maximum absolute atomic E-state index is 13.0. The predicted molar refractivity (Wildman–Crippen MR) is 111 cm³/mol. The molecule has 0 spiro atoms. The topological polar surface area (TPSA) is 92.2 Å². The molecule has 8 heteroatoms. The summed E-state index contributed by atoms with van der Waals surface area (Å²) in [4.78, 5) is 33.4. The molecule has 0 saturated carbocycles. The van der Waals surface area contributed by atoms with E-state index in [2.05, 4.69) is 4.98 Å². The molecule has 1 amide bonds. The number of ketones is 1. The van der Waals surface area contributed by atoms with E-state index >= 15 is 0 Å². The van der Waals surface area contributed by atoms with Crippen LogP contribution in [0.5, 0.6) is 11.5 Å². The first-order valence-electron chi connectivity index (χ1n) is 9.45. The number of Topliss-reactive ketones (excluding diaryl/α,β-unsaturated/α-hetero) is 1. The molecule has 1 saturated heterocycles. The summed E-state index contributed by atoms with van der Waals surface area (Å²) in [5, 5.41) is 11.2. The Morgan fingerprint density at radius 2 is 1.80 bits per heavy atom. The van der Waals surface area contributed by atoms with Crippen LogP contribution < -0.4 is 9.47 Å². The standard InChI is InChI=1S/C22H25N3O5/c1-24(2)11-12-25-19(14-7-6-10-23-13-14)18(21(27)22(25)28)20(26)17-15(29-3)8-5-9-16(17)30-4/h5-10,13,19,26H,11-12H2,1-4H3/b20-18+. The molecule has 1 N–H and O–H groups in total. The van der Waals surface area contributed by atoms with E-state index in [-0.39, 0.29) is 16.9 Å². The Bertz CT molecular complexity index is 950. The summed E-state index contributed by atoms with van der Waals surface area (Å²) in [6.07, 6.45) is 3.20. The maximum Gasteiger partial charge on any atom is 0.295 e. The normalized spacial score (nSPS) is 18.2. The number of nitrogens with zero attached hydrogens (tertiary/aromatic N) is 3. The molecule has 2 aromatic rings. The van der Waals surface area contributed by atoms with Crippen LogP contribution in [0.3, 0.4) is 0 Å². The van der Waals surface area contributed by atoms with E-state index in [0.717, 1.165) is 0 Å². The molecule has 30 heavy (non-hydrogen) atoms. The van der Waals surface area contributed by atoms with Gasteiger partial charge in [-0.25, -0.2) is 0 Å². The number of methoxy groups -OCH3 is 2. The molecule has 1 aliphatic rings. The average molecular weight is 411 g/mol. The molecule has 0 bridgehead atoms. The second kappa shape index (κ2) is 8.96. The van der Waals surface area contributed by atoms with Crippen molar-refractivity contribution in [2.75, 3.05) is 41.4 Å². The van der Waals surface area contributed by atoms with E-state index in [1.165, 1.54) is 19.1 Å². The zero-order valence-corrected chi connectivity index (χ0v) is 17.5. The van der Waals surface area contributed by atoms with Crippen molar-refractivity contribution in [1.29, 1.82) is 0 Å². The van der Waals surface area contributed by atoms with Gasteiger partial charge in [-0.3, -0.25) is 14.6 Å². The molecule has 1 fully saturated rings. The molecule has 0 aliphatic carbocycles. The number of hydrogen-bond donors (Lipinski definition) is 1. The van der Waals surface area contributed by atoms with Crippen LogP contribution in [0.15, 0.2) is 48.3 Å². The first kappa shape index (κ1) is 21.3. The number of aliphatic hydroxyl groups excluding tert-OH is 1. The minimum absolute atomic E-state index is 0.0189. The van der Waals surface area contributed by atoms with Gasteiger partial charge in [0, 0.05) is 25.5 Å². The van der Waals surface area contributed by atoms with Gasteiger partial charge in [-0.15, -0.1) is 0 Å². The van der Waals surface area contributed by atoms with Crippen LogP contribution in [0.25, 0.3) is 5.76 Å². The number of likely N-dealkylation sites (tertiary alicyclic amines) is 1. The van der Waals surface area contributed by atoms with Crippen LogP contribution in [0.1, 0.15) is 17.2 Å². The van der Waals surface area contributed by atoms with Crippen molar-refractivity contribution in [3.63, 3.8) is 0 Å². The molecule has 1 atom stereocenters. The fourth-order valence-corrected chi connectivity index (χ4v) is 3.52. The lowest BCUT2D eigenvalue weighted by molar-refractivity contribution is -0.140. The molecule has 3 rings (SSSR count). The van der Waals surface area contributed by atoms with E-state index in [0.29, 0.717) is 30.2 Å². The lowest BCUT2D eigenvalue weighted by Gasteiger charge is -2.26. The highest BCUT2D eigenvalue weighted by Gasteiger charge is 2.46. The molecule has 158 valence electrons. The number of aliphatic hydroxyl groups is 1. The molecule has 1 aliphatic heterocycles. The lowest BCUT2D eigenvalue weighted by atomic mass is 9.95. The van der Waals surface area contributed by atoms with Gasteiger partial charge in [-0.1, -0.05) is 12.1 Å². The van der Waals surface area contributed by atoms with Gasteiger partial charge in [0.1, 0.15) is 22.8 Å². The van der Waals surface area contributed by atoms with E-state index in [4.69, 9.17) is 9.47 Å². The highest BCUT2D eigenvalue weighted by molar-refractivity contribution is 6.46. The summed E-state index contributed by atoms with van der Waals surface area (Å²) in [5.74, 6) is -1.11. The van der Waals surface area contributed by atoms with Gasteiger partial charge in [0.05, 0.1) is 25.8 Å². The summed E-state index contributed by atoms with van der Waals surface area (Å²) in [6.45, 7) is 0.874. The summed E-state index contributed by atoms with van der Waals surface area (Å²) in [7, 11) is 6.68. The second-order valence-corrected chi connectivity index (χ2v) is 7.12. The van der Waals surface area contributed by atoms with Crippen LogP contribution in [0, 0.1) is 0 Å².